The SMILES string of the molecule is COc1cccc(-c2nn(C)c3sc(C(=O)NCc4ccc(F)cc4)cc23)c1. The van der Waals surface area contributed by atoms with Crippen LogP contribution in [0.1, 0.15) is 15.2 Å². The number of thiophene rings is 1. The Morgan fingerprint density at radius 1 is 1.21 bits per heavy atom. The summed E-state index contributed by atoms with van der Waals surface area (Å²) in [4.78, 5) is 14.1. The van der Waals surface area contributed by atoms with Crippen molar-refractivity contribution < 1.29 is 13.9 Å². The van der Waals surface area contributed by atoms with E-state index in [4.69, 9.17) is 4.74 Å². The molecule has 0 atom stereocenters. The normalized spacial score (nSPS) is 11.0. The summed E-state index contributed by atoms with van der Waals surface area (Å²) in [7, 11) is 3.49. The highest BCUT2D eigenvalue weighted by molar-refractivity contribution is 7.20. The number of benzene rings is 2. The van der Waals surface area contributed by atoms with Crippen molar-refractivity contribution in [3.8, 4) is 17.0 Å². The van der Waals surface area contributed by atoms with Crippen molar-refractivity contribution in [1.82, 2.24) is 15.1 Å². The Morgan fingerprint density at radius 3 is 2.75 bits per heavy atom. The van der Waals surface area contributed by atoms with Gasteiger partial charge in [0.25, 0.3) is 5.91 Å². The minimum absolute atomic E-state index is 0.165. The average molecular weight is 395 g/mol. The van der Waals surface area contributed by atoms with Crippen LogP contribution in [0, 0.1) is 5.82 Å². The fraction of sp³-hybridized carbons (Fsp3) is 0.143. The fourth-order valence-electron chi connectivity index (χ4n) is 3.01. The third kappa shape index (κ3) is 3.48. The number of nitrogens with zero attached hydrogens (tertiary/aromatic N) is 2. The first-order chi connectivity index (χ1) is 13.5. The predicted molar refractivity (Wildman–Crippen MR) is 108 cm³/mol. The first kappa shape index (κ1) is 18.2. The van der Waals surface area contributed by atoms with Crippen LogP contribution in [0.4, 0.5) is 4.39 Å². The Hall–Kier alpha value is -3.19. The van der Waals surface area contributed by atoms with Gasteiger partial charge in [0, 0.05) is 24.5 Å². The summed E-state index contributed by atoms with van der Waals surface area (Å²) in [5, 5.41) is 8.41. The molecule has 5 nitrogen and oxygen atoms in total. The Balaban J connectivity index is 1.60. The van der Waals surface area contributed by atoms with E-state index in [-0.39, 0.29) is 11.7 Å². The van der Waals surface area contributed by atoms with E-state index < -0.39 is 0 Å². The van der Waals surface area contributed by atoms with E-state index in [9.17, 15) is 9.18 Å². The molecule has 0 aliphatic carbocycles. The summed E-state index contributed by atoms with van der Waals surface area (Å²) >= 11 is 1.39. The fourth-order valence-corrected chi connectivity index (χ4v) is 4.00. The number of carbonyl (C=O) groups is 1. The summed E-state index contributed by atoms with van der Waals surface area (Å²) in [6.45, 7) is 0.342. The zero-order chi connectivity index (χ0) is 19.7. The van der Waals surface area contributed by atoms with Crippen LogP contribution >= 0.6 is 11.3 Å². The monoisotopic (exact) mass is 395 g/mol. The maximum absolute atomic E-state index is 13.0. The number of hydrogen-bond acceptors (Lipinski definition) is 4. The molecule has 4 rings (SSSR count). The highest BCUT2D eigenvalue weighted by atomic mass is 32.1. The second-order valence-electron chi connectivity index (χ2n) is 6.34. The highest BCUT2D eigenvalue weighted by Gasteiger charge is 2.18. The number of nitrogens with one attached hydrogen (secondary N) is 1. The molecule has 0 fully saturated rings. The number of fused-ring (bicyclic) bond motifs is 1. The average Bonchev–Trinajstić information content (AvgIpc) is 3.28. The van der Waals surface area contributed by atoms with Gasteiger partial charge in [0.1, 0.15) is 22.1 Å². The Morgan fingerprint density at radius 2 is 2.00 bits per heavy atom. The first-order valence-corrected chi connectivity index (χ1v) is 9.50. The molecule has 7 heteroatoms. The van der Waals surface area contributed by atoms with Gasteiger partial charge in [-0.1, -0.05) is 24.3 Å². The van der Waals surface area contributed by atoms with E-state index in [1.54, 1.807) is 23.9 Å². The molecule has 4 aromatic rings. The molecule has 0 radical (unpaired) electrons. The van der Waals surface area contributed by atoms with E-state index in [2.05, 4.69) is 10.4 Å². The summed E-state index contributed by atoms with van der Waals surface area (Å²) < 4.78 is 20.1. The van der Waals surface area contributed by atoms with Crippen LogP contribution in [0.2, 0.25) is 0 Å². The summed E-state index contributed by atoms with van der Waals surface area (Å²) in [5.74, 6) is 0.295. The minimum Gasteiger partial charge on any atom is -0.497 e. The zero-order valence-electron chi connectivity index (χ0n) is 15.4. The lowest BCUT2D eigenvalue weighted by atomic mass is 10.1. The molecule has 2 aromatic heterocycles. The molecule has 142 valence electrons. The Kier molecular flexibility index (Phi) is 4.83. The summed E-state index contributed by atoms with van der Waals surface area (Å²) in [6.07, 6.45) is 0. The van der Waals surface area contributed by atoms with Crippen molar-refractivity contribution in [2.45, 2.75) is 6.54 Å². The number of carbonyl (C=O) groups excluding carboxylic acids is 1. The van der Waals surface area contributed by atoms with Crippen molar-refractivity contribution in [3.63, 3.8) is 0 Å². The van der Waals surface area contributed by atoms with E-state index in [1.807, 2.05) is 37.4 Å². The molecule has 0 bridgehead atoms. The molecule has 1 amide bonds. The minimum atomic E-state index is -0.294. The number of methoxy groups -OCH3 is 1. The van der Waals surface area contributed by atoms with Gasteiger partial charge < -0.3 is 10.1 Å². The lowest BCUT2D eigenvalue weighted by Gasteiger charge is -2.04. The van der Waals surface area contributed by atoms with Gasteiger partial charge >= 0.3 is 0 Å². The number of hydrogen-bond donors (Lipinski definition) is 1. The number of rotatable bonds is 5. The van der Waals surface area contributed by atoms with Gasteiger partial charge in [-0.15, -0.1) is 11.3 Å². The van der Waals surface area contributed by atoms with Crippen LogP contribution < -0.4 is 10.1 Å². The van der Waals surface area contributed by atoms with Crippen LogP contribution in [0.25, 0.3) is 21.5 Å². The molecule has 0 aliphatic rings. The maximum Gasteiger partial charge on any atom is 0.261 e. The van der Waals surface area contributed by atoms with Crippen LogP contribution in [0.15, 0.2) is 54.6 Å². The maximum atomic E-state index is 13.0. The van der Waals surface area contributed by atoms with Gasteiger partial charge in [0.05, 0.1) is 12.0 Å². The first-order valence-electron chi connectivity index (χ1n) is 8.69. The molecule has 1 N–H and O–H groups in total. The molecule has 2 aromatic carbocycles. The van der Waals surface area contributed by atoms with Crippen LogP contribution in [-0.4, -0.2) is 22.8 Å². The molecule has 0 spiro atoms. The second-order valence-corrected chi connectivity index (χ2v) is 7.37. The van der Waals surface area contributed by atoms with Crippen molar-refractivity contribution >= 4 is 27.5 Å². The van der Waals surface area contributed by atoms with E-state index in [0.717, 1.165) is 32.8 Å². The standard InChI is InChI=1S/C21H18FN3O2S/c1-25-21-17(19(24-25)14-4-3-5-16(10-14)27-2)11-18(28-21)20(26)23-12-13-6-8-15(22)9-7-13/h3-11H,12H2,1-2H3,(H,23,26). The van der Waals surface area contributed by atoms with Gasteiger partial charge in [-0.25, -0.2) is 4.39 Å². The third-order valence-corrected chi connectivity index (χ3v) is 5.65. The van der Waals surface area contributed by atoms with Crippen molar-refractivity contribution in [3.05, 3.63) is 70.9 Å². The molecule has 0 unspecified atom stereocenters. The smallest absolute Gasteiger partial charge is 0.261 e. The summed E-state index contributed by atoms with van der Waals surface area (Å²) in [5.41, 5.74) is 2.58. The van der Waals surface area contributed by atoms with E-state index >= 15 is 0 Å². The van der Waals surface area contributed by atoms with Crippen LogP contribution in [-0.2, 0) is 13.6 Å². The van der Waals surface area contributed by atoms with Gasteiger partial charge in [-0.05, 0) is 35.9 Å². The van der Waals surface area contributed by atoms with E-state index in [1.165, 1.54) is 23.5 Å². The van der Waals surface area contributed by atoms with Crippen LogP contribution in [0.5, 0.6) is 5.75 Å². The lowest BCUT2D eigenvalue weighted by Crippen LogP contribution is -2.21. The van der Waals surface area contributed by atoms with Crippen molar-refractivity contribution in [2.24, 2.45) is 7.05 Å². The van der Waals surface area contributed by atoms with Crippen molar-refractivity contribution in [1.29, 1.82) is 0 Å². The molecule has 0 saturated carbocycles. The molecule has 28 heavy (non-hydrogen) atoms. The quantitative estimate of drug-likeness (QED) is 0.546. The Bertz CT molecular complexity index is 1150. The van der Waals surface area contributed by atoms with Crippen molar-refractivity contribution in [2.75, 3.05) is 7.11 Å². The number of aryl methyl sites for hydroxylation is 1. The molecular formula is C21H18FN3O2S. The van der Waals surface area contributed by atoms with E-state index in [0.29, 0.717) is 11.4 Å². The number of halogens is 1. The highest BCUT2D eigenvalue weighted by Crippen LogP contribution is 2.34. The second kappa shape index (κ2) is 7.44. The topological polar surface area (TPSA) is 56.2 Å². The molecule has 2 heterocycles. The predicted octanol–water partition coefficient (Wildman–Crippen LogP) is 4.38. The number of amides is 1. The van der Waals surface area contributed by atoms with Gasteiger partial charge in [0.2, 0.25) is 0 Å². The van der Waals surface area contributed by atoms with Gasteiger partial charge in [0.15, 0.2) is 0 Å². The van der Waals surface area contributed by atoms with Gasteiger partial charge in [-0.3, -0.25) is 9.48 Å². The number of ether oxygens (including phenoxy) is 1. The molecule has 0 aliphatic heterocycles. The largest absolute Gasteiger partial charge is 0.497 e. The van der Waals surface area contributed by atoms with Crippen LogP contribution in [0.3, 0.4) is 0 Å². The third-order valence-electron chi connectivity index (χ3n) is 4.44. The Labute approximate surface area is 165 Å². The lowest BCUT2D eigenvalue weighted by molar-refractivity contribution is 0.0955. The van der Waals surface area contributed by atoms with Gasteiger partial charge in [-0.2, -0.15) is 5.10 Å². The number of aromatic nitrogens is 2. The molecule has 0 saturated heterocycles. The summed E-state index contributed by atoms with van der Waals surface area (Å²) in [6, 6.07) is 15.6. The zero-order valence-corrected chi connectivity index (χ0v) is 16.2. The molecular weight excluding hydrogens is 377 g/mol.